The fourth-order valence-electron chi connectivity index (χ4n) is 5.15. The van der Waals surface area contributed by atoms with E-state index in [4.69, 9.17) is 16.6 Å². The van der Waals surface area contributed by atoms with Crippen LogP contribution in [0.4, 0.5) is 0 Å². The van der Waals surface area contributed by atoms with E-state index in [1.807, 2.05) is 30.5 Å². The first kappa shape index (κ1) is 16.3. The molecule has 2 bridgehead atoms. The number of aliphatic imine (C=N–C) groups is 1. The van der Waals surface area contributed by atoms with Gasteiger partial charge in [-0.3, -0.25) is 9.89 Å². The Morgan fingerprint density at radius 2 is 1.65 bits per heavy atom. The Hall–Kier alpha value is -1.90. The Balaban J connectivity index is 1.30. The van der Waals surface area contributed by atoms with Gasteiger partial charge in [0, 0.05) is 59.9 Å². The van der Waals surface area contributed by atoms with Crippen LogP contribution in [0, 0.1) is 0 Å². The highest BCUT2D eigenvalue weighted by molar-refractivity contribution is 6.33. The molecule has 132 valence electrons. The van der Waals surface area contributed by atoms with Gasteiger partial charge in [-0.15, -0.1) is 0 Å². The lowest BCUT2D eigenvalue weighted by atomic mass is 9.92. The third-order valence-corrected chi connectivity index (χ3v) is 6.67. The fourth-order valence-corrected chi connectivity index (χ4v) is 5.33. The van der Waals surface area contributed by atoms with Crippen LogP contribution in [0.1, 0.15) is 47.8 Å². The lowest BCUT2D eigenvalue weighted by Gasteiger charge is -2.34. The van der Waals surface area contributed by atoms with Gasteiger partial charge in [0.1, 0.15) is 0 Å². The number of benzene rings is 2. The standard InChI is InChI=1S/C23H23ClN2/c24-22-8-4-1-5-16(22)15-25-17-11-13-26(14-12-17)23-20-9-10-21(23)19-7-3-2-6-18(19)20/h1-8,11,15,20-21,23H,9-10,12-14H2. The summed E-state index contributed by atoms with van der Waals surface area (Å²) in [6.45, 7) is 2.12. The van der Waals surface area contributed by atoms with Gasteiger partial charge < -0.3 is 0 Å². The van der Waals surface area contributed by atoms with Crippen molar-refractivity contribution in [2.45, 2.75) is 37.1 Å². The Morgan fingerprint density at radius 1 is 0.962 bits per heavy atom. The molecule has 2 aromatic rings. The molecule has 2 atom stereocenters. The molecule has 1 fully saturated rings. The van der Waals surface area contributed by atoms with Crippen LogP contribution in [0.5, 0.6) is 0 Å². The van der Waals surface area contributed by atoms with E-state index < -0.39 is 0 Å². The SMILES string of the molecule is Clc1ccccc1C=NC1=CCN(C2C3CCC2c2ccccc23)CC1. The smallest absolute Gasteiger partial charge is 0.0493 e. The number of halogens is 1. The first-order valence-electron chi connectivity index (χ1n) is 9.62. The van der Waals surface area contributed by atoms with Crippen LogP contribution in [0.25, 0.3) is 0 Å². The number of hydrogen-bond acceptors (Lipinski definition) is 2. The van der Waals surface area contributed by atoms with Crippen molar-refractivity contribution in [3.8, 4) is 0 Å². The van der Waals surface area contributed by atoms with Crippen molar-refractivity contribution >= 4 is 17.8 Å². The van der Waals surface area contributed by atoms with Crippen LogP contribution in [-0.2, 0) is 0 Å². The molecule has 2 aromatic carbocycles. The summed E-state index contributed by atoms with van der Waals surface area (Å²) in [7, 11) is 0. The van der Waals surface area contributed by atoms with Crippen LogP contribution in [0.3, 0.4) is 0 Å². The predicted octanol–water partition coefficient (Wildman–Crippen LogP) is 5.39. The molecule has 2 nitrogen and oxygen atoms in total. The molecule has 3 heteroatoms. The molecule has 2 aliphatic carbocycles. The van der Waals surface area contributed by atoms with Crippen molar-refractivity contribution in [3.63, 3.8) is 0 Å². The molecule has 2 unspecified atom stereocenters. The number of rotatable bonds is 3. The van der Waals surface area contributed by atoms with Crippen LogP contribution in [-0.4, -0.2) is 30.2 Å². The van der Waals surface area contributed by atoms with Gasteiger partial charge in [-0.1, -0.05) is 54.1 Å². The Bertz CT molecular complexity index is 854. The van der Waals surface area contributed by atoms with Crippen molar-refractivity contribution < 1.29 is 0 Å². The summed E-state index contributed by atoms with van der Waals surface area (Å²) in [4.78, 5) is 7.38. The maximum absolute atomic E-state index is 6.22. The number of hydrogen-bond donors (Lipinski definition) is 0. The highest BCUT2D eigenvalue weighted by atomic mass is 35.5. The van der Waals surface area contributed by atoms with Crippen LogP contribution < -0.4 is 0 Å². The van der Waals surface area contributed by atoms with Gasteiger partial charge in [0.25, 0.3) is 0 Å². The maximum atomic E-state index is 6.22. The first-order valence-corrected chi connectivity index (χ1v) is 9.99. The Morgan fingerprint density at radius 3 is 2.31 bits per heavy atom. The first-order chi connectivity index (χ1) is 12.8. The molecule has 0 spiro atoms. The third-order valence-electron chi connectivity index (χ3n) is 6.32. The van der Waals surface area contributed by atoms with Gasteiger partial charge in [0.15, 0.2) is 0 Å². The van der Waals surface area contributed by atoms with Gasteiger partial charge in [0.05, 0.1) is 0 Å². The topological polar surface area (TPSA) is 15.6 Å². The van der Waals surface area contributed by atoms with Crippen LogP contribution >= 0.6 is 11.6 Å². The number of fused-ring (bicyclic) bond motifs is 5. The van der Waals surface area contributed by atoms with E-state index in [2.05, 4.69) is 35.2 Å². The van der Waals surface area contributed by atoms with Crippen molar-refractivity contribution in [3.05, 3.63) is 82.0 Å². The quantitative estimate of drug-likeness (QED) is 0.668. The number of nitrogens with zero attached hydrogens (tertiary/aromatic N) is 2. The molecule has 1 saturated carbocycles. The van der Waals surface area contributed by atoms with E-state index >= 15 is 0 Å². The normalized spacial score (nSPS) is 27.7. The molecule has 0 amide bonds. The van der Waals surface area contributed by atoms with E-state index in [-0.39, 0.29) is 0 Å². The van der Waals surface area contributed by atoms with Crippen molar-refractivity contribution in [2.24, 2.45) is 4.99 Å². The van der Waals surface area contributed by atoms with Crippen molar-refractivity contribution in [2.75, 3.05) is 13.1 Å². The molecule has 0 radical (unpaired) electrons. The van der Waals surface area contributed by atoms with E-state index in [9.17, 15) is 0 Å². The van der Waals surface area contributed by atoms with Gasteiger partial charge >= 0.3 is 0 Å². The summed E-state index contributed by atoms with van der Waals surface area (Å²) < 4.78 is 0. The summed E-state index contributed by atoms with van der Waals surface area (Å²) in [6, 6.07) is 17.7. The lowest BCUT2D eigenvalue weighted by molar-refractivity contribution is 0.194. The monoisotopic (exact) mass is 362 g/mol. The summed E-state index contributed by atoms with van der Waals surface area (Å²) in [5.74, 6) is 1.47. The summed E-state index contributed by atoms with van der Waals surface area (Å²) in [5, 5.41) is 0.759. The average molecular weight is 363 g/mol. The lowest BCUT2D eigenvalue weighted by Crippen LogP contribution is -2.40. The third kappa shape index (κ3) is 2.72. The molecule has 1 heterocycles. The summed E-state index contributed by atoms with van der Waals surface area (Å²) in [5.41, 5.74) is 5.39. The molecule has 0 saturated heterocycles. The minimum absolute atomic E-state index is 0.692. The van der Waals surface area contributed by atoms with E-state index in [1.54, 1.807) is 11.1 Å². The predicted molar refractivity (Wildman–Crippen MR) is 108 cm³/mol. The fraction of sp³-hybridized carbons (Fsp3) is 0.348. The van der Waals surface area contributed by atoms with E-state index in [1.165, 1.54) is 18.5 Å². The summed E-state index contributed by atoms with van der Waals surface area (Å²) >= 11 is 6.22. The van der Waals surface area contributed by atoms with Crippen molar-refractivity contribution in [1.82, 2.24) is 4.90 Å². The zero-order chi connectivity index (χ0) is 17.5. The van der Waals surface area contributed by atoms with E-state index in [0.717, 1.165) is 41.9 Å². The molecular formula is C23H23ClN2. The highest BCUT2D eigenvalue weighted by Crippen LogP contribution is 2.55. The minimum Gasteiger partial charge on any atom is -0.295 e. The highest BCUT2D eigenvalue weighted by Gasteiger charge is 2.48. The van der Waals surface area contributed by atoms with Gasteiger partial charge in [0.2, 0.25) is 0 Å². The zero-order valence-corrected chi connectivity index (χ0v) is 15.6. The van der Waals surface area contributed by atoms with Crippen molar-refractivity contribution in [1.29, 1.82) is 0 Å². The minimum atomic E-state index is 0.692. The molecule has 3 aliphatic rings. The van der Waals surface area contributed by atoms with Crippen LogP contribution in [0.2, 0.25) is 5.02 Å². The molecule has 26 heavy (non-hydrogen) atoms. The van der Waals surface area contributed by atoms with Gasteiger partial charge in [-0.2, -0.15) is 0 Å². The molecule has 5 rings (SSSR count). The summed E-state index contributed by atoms with van der Waals surface area (Å²) in [6.07, 6.45) is 7.93. The average Bonchev–Trinajstić information content (AvgIpc) is 3.25. The Kier molecular flexibility index (Phi) is 4.18. The zero-order valence-electron chi connectivity index (χ0n) is 14.8. The second kappa shape index (κ2) is 6.68. The second-order valence-electron chi connectivity index (χ2n) is 7.63. The molecule has 1 aliphatic heterocycles. The molecular weight excluding hydrogens is 340 g/mol. The van der Waals surface area contributed by atoms with E-state index in [0.29, 0.717) is 6.04 Å². The molecule has 0 aromatic heterocycles. The van der Waals surface area contributed by atoms with Gasteiger partial charge in [-0.25, -0.2) is 0 Å². The second-order valence-corrected chi connectivity index (χ2v) is 8.04. The Labute approximate surface area is 160 Å². The largest absolute Gasteiger partial charge is 0.295 e. The van der Waals surface area contributed by atoms with Crippen LogP contribution in [0.15, 0.2) is 65.3 Å². The van der Waals surface area contributed by atoms with Gasteiger partial charge in [-0.05, 0) is 36.1 Å². The molecule has 0 N–H and O–H groups in total. The maximum Gasteiger partial charge on any atom is 0.0493 e.